The fourth-order valence-electron chi connectivity index (χ4n) is 1.15. The quantitative estimate of drug-likeness (QED) is 0.791. The van der Waals surface area contributed by atoms with Crippen molar-refractivity contribution in [3.05, 3.63) is 30.9 Å². The summed E-state index contributed by atoms with van der Waals surface area (Å²) in [6, 6.07) is 0. The zero-order valence-electron chi connectivity index (χ0n) is 10.5. The molecule has 0 aliphatic rings. The molecule has 0 radical (unpaired) electrons. The first-order valence-corrected chi connectivity index (χ1v) is 5.42. The summed E-state index contributed by atoms with van der Waals surface area (Å²) in [5.41, 5.74) is 4.00. The molecule has 2 nitrogen and oxygen atoms in total. The average Bonchev–Trinajstić information content (AvgIpc) is 2.68. The van der Waals surface area contributed by atoms with Crippen LogP contribution in [0.3, 0.4) is 0 Å². The molecular weight excluding hydrogens is 184 g/mol. The van der Waals surface area contributed by atoms with Gasteiger partial charge in [0.25, 0.3) is 0 Å². The summed E-state index contributed by atoms with van der Waals surface area (Å²) >= 11 is 0. The van der Waals surface area contributed by atoms with E-state index in [-0.39, 0.29) is 0 Å². The van der Waals surface area contributed by atoms with Crippen molar-refractivity contribution in [1.29, 1.82) is 0 Å². The Balaban J connectivity index is 0.000000921. The van der Waals surface area contributed by atoms with Crippen molar-refractivity contribution in [3.63, 3.8) is 0 Å². The smallest absolute Gasteiger partial charge is 0.0932 e. The van der Waals surface area contributed by atoms with E-state index in [1.165, 1.54) is 0 Å². The summed E-state index contributed by atoms with van der Waals surface area (Å²) in [5, 5.41) is 0. The fourth-order valence-corrected chi connectivity index (χ4v) is 1.15. The van der Waals surface area contributed by atoms with Gasteiger partial charge < -0.3 is 4.98 Å². The van der Waals surface area contributed by atoms with Gasteiger partial charge in [0.1, 0.15) is 0 Å². The van der Waals surface area contributed by atoms with Crippen LogP contribution in [0.15, 0.2) is 19.5 Å². The van der Waals surface area contributed by atoms with Gasteiger partial charge in [-0.05, 0) is 24.0 Å². The molecule has 0 saturated carbocycles. The largest absolute Gasteiger partial charge is 0.344 e. The monoisotopic (exact) mass is 206 g/mol. The number of H-pyrrole nitrogens is 1. The highest BCUT2D eigenvalue weighted by atomic mass is 14.9. The number of hydrogen-bond acceptors (Lipinski definition) is 1. The third kappa shape index (κ3) is 3.39. The van der Waals surface area contributed by atoms with Crippen LogP contribution in [-0.2, 0) is 0 Å². The molecule has 1 heterocycles. The minimum Gasteiger partial charge on any atom is -0.344 e. The zero-order chi connectivity index (χ0) is 12.0. The molecule has 0 aromatic carbocycles. The van der Waals surface area contributed by atoms with Crippen LogP contribution in [0.2, 0.25) is 0 Å². The summed E-state index contributed by atoms with van der Waals surface area (Å²) < 4.78 is 0. The zero-order valence-corrected chi connectivity index (χ0v) is 10.5. The lowest BCUT2D eigenvalue weighted by Crippen LogP contribution is -1.95. The summed E-state index contributed by atoms with van der Waals surface area (Å²) in [7, 11) is 0. The molecule has 0 fully saturated rings. The number of nitrogens with zero attached hydrogens (tertiary/aromatic N) is 1. The van der Waals surface area contributed by atoms with Gasteiger partial charge in [-0.2, -0.15) is 0 Å². The standard InChI is InChI=1S/C11H16N2.C2H6/c1-7(2)9(5)11-10(8(3)4)12-6-13-11;1-2/h6-7H,3,5H2,1-2,4H3,(H,12,13);1-2H3. The Kier molecular flexibility index (Phi) is 5.68. The number of imidazole rings is 1. The molecule has 0 spiro atoms. The van der Waals surface area contributed by atoms with Crippen molar-refractivity contribution in [2.75, 3.05) is 0 Å². The van der Waals surface area contributed by atoms with Gasteiger partial charge >= 0.3 is 0 Å². The van der Waals surface area contributed by atoms with Gasteiger partial charge in [0, 0.05) is 0 Å². The predicted molar refractivity (Wildman–Crippen MR) is 68.5 cm³/mol. The van der Waals surface area contributed by atoms with E-state index in [2.05, 4.69) is 37.0 Å². The molecule has 0 unspecified atom stereocenters. The highest BCUT2D eigenvalue weighted by Gasteiger charge is 2.11. The maximum Gasteiger partial charge on any atom is 0.0932 e. The Bertz CT molecular complexity index is 332. The molecule has 84 valence electrons. The van der Waals surface area contributed by atoms with Crippen molar-refractivity contribution in [2.24, 2.45) is 5.92 Å². The maximum atomic E-state index is 4.20. The first-order chi connectivity index (χ1) is 7.04. The topological polar surface area (TPSA) is 28.7 Å². The van der Waals surface area contributed by atoms with E-state index in [1.54, 1.807) is 6.33 Å². The van der Waals surface area contributed by atoms with Crippen molar-refractivity contribution >= 4 is 11.1 Å². The van der Waals surface area contributed by atoms with Gasteiger partial charge in [0.15, 0.2) is 0 Å². The molecule has 15 heavy (non-hydrogen) atoms. The molecule has 0 aliphatic heterocycles. The predicted octanol–water partition coefficient (Wildman–Crippen LogP) is 4.14. The van der Waals surface area contributed by atoms with Gasteiger partial charge in [0.2, 0.25) is 0 Å². The lowest BCUT2D eigenvalue weighted by Gasteiger charge is -2.09. The van der Waals surface area contributed by atoms with E-state index in [9.17, 15) is 0 Å². The van der Waals surface area contributed by atoms with Crippen LogP contribution in [-0.4, -0.2) is 9.97 Å². The van der Waals surface area contributed by atoms with E-state index in [4.69, 9.17) is 0 Å². The molecule has 0 aliphatic carbocycles. The Hall–Kier alpha value is -1.31. The molecule has 0 saturated heterocycles. The third-order valence-corrected chi connectivity index (χ3v) is 2.06. The fraction of sp³-hybridized carbons (Fsp3) is 0.462. The Morgan fingerprint density at radius 3 is 2.27 bits per heavy atom. The van der Waals surface area contributed by atoms with Crippen molar-refractivity contribution in [2.45, 2.75) is 34.6 Å². The number of rotatable bonds is 3. The number of aromatic nitrogens is 2. The number of allylic oxidation sites excluding steroid dienone is 2. The van der Waals surface area contributed by atoms with Crippen LogP contribution >= 0.6 is 0 Å². The minimum atomic E-state index is 0.429. The Labute approximate surface area is 93.1 Å². The van der Waals surface area contributed by atoms with E-state index < -0.39 is 0 Å². The van der Waals surface area contributed by atoms with Crippen LogP contribution < -0.4 is 0 Å². The molecule has 0 bridgehead atoms. The molecule has 0 atom stereocenters. The maximum absolute atomic E-state index is 4.20. The van der Waals surface area contributed by atoms with Crippen LogP contribution in [0.1, 0.15) is 46.0 Å². The SMILES string of the molecule is C=C(C)c1nc[nH]c1C(=C)C(C)C.CC. The average molecular weight is 206 g/mol. The van der Waals surface area contributed by atoms with Gasteiger partial charge in [-0.15, -0.1) is 0 Å². The molecule has 1 aromatic rings. The van der Waals surface area contributed by atoms with Crippen LogP contribution in [0.5, 0.6) is 0 Å². The summed E-state index contributed by atoms with van der Waals surface area (Å²) in [4.78, 5) is 7.30. The summed E-state index contributed by atoms with van der Waals surface area (Å²) in [5.74, 6) is 0.429. The molecule has 1 N–H and O–H groups in total. The third-order valence-electron chi connectivity index (χ3n) is 2.06. The Morgan fingerprint density at radius 2 is 1.87 bits per heavy atom. The van der Waals surface area contributed by atoms with E-state index in [1.807, 2.05) is 20.8 Å². The van der Waals surface area contributed by atoms with Crippen LogP contribution in [0.25, 0.3) is 11.1 Å². The van der Waals surface area contributed by atoms with Crippen molar-refractivity contribution in [1.82, 2.24) is 9.97 Å². The summed E-state index contributed by atoms with van der Waals surface area (Å²) in [6.07, 6.45) is 1.69. The van der Waals surface area contributed by atoms with Gasteiger partial charge in [-0.25, -0.2) is 4.98 Å². The van der Waals surface area contributed by atoms with Gasteiger partial charge in [-0.1, -0.05) is 40.9 Å². The first-order valence-electron chi connectivity index (χ1n) is 5.42. The van der Waals surface area contributed by atoms with Crippen LogP contribution in [0, 0.1) is 5.92 Å². The van der Waals surface area contributed by atoms with E-state index >= 15 is 0 Å². The Morgan fingerprint density at radius 1 is 1.33 bits per heavy atom. The second-order valence-electron chi connectivity index (χ2n) is 3.59. The van der Waals surface area contributed by atoms with Gasteiger partial charge in [-0.3, -0.25) is 0 Å². The minimum absolute atomic E-state index is 0.429. The molecule has 1 aromatic heterocycles. The second-order valence-corrected chi connectivity index (χ2v) is 3.59. The number of hydrogen-bond donors (Lipinski definition) is 1. The highest BCUT2D eigenvalue weighted by Crippen LogP contribution is 2.24. The highest BCUT2D eigenvalue weighted by molar-refractivity contribution is 5.73. The summed E-state index contributed by atoms with van der Waals surface area (Å²) in [6.45, 7) is 18.1. The van der Waals surface area contributed by atoms with Crippen LogP contribution in [0.4, 0.5) is 0 Å². The second kappa shape index (κ2) is 6.23. The number of aromatic amines is 1. The molecule has 0 amide bonds. The lowest BCUT2D eigenvalue weighted by molar-refractivity contribution is 0.852. The lowest BCUT2D eigenvalue weighted by atomic mass is 9.99. The number of nitrogens with one attached hydrogen (secondary N) is 1. The van der Waals surface area contributed by atoms with E-state index in [0.717, 1.165) is 22.5 Å². The van der Waals surface area contributed by atoms with E-state index in [0.29, 0.717) is 5.92 Å². The van der Waals surface area contributed by atoms with Gasteiger partial charge in [0.05, 0.1) is 17.7 Å². The normalized spacial score (nSPS) is 9.47. The van der Waals surface area contributed by atoms with Crippen molar-refractivity contribution < 1.29 is 0 Å². The van der Waals surface area contributed by atoms with Crippen molar-refractivity contribution in [3.8, 4) is 0 Å². The molecule has 2 heteroatoms. The molecule has 1 rings (SSSR count). The molecular formula is C13H22N2. The first kappa shape index (κ1) is 13.7.